The molecule has 0 aliphatic heterocycles. The number of hydrogen-bond acceptors (Lipinski definition) is 4. The van der Waals surface area contributed by atoms with Gasteiger partial charge in [-0.1, -0.05) is 42.6 Å². The van der Waals surface area contributed by atoms with E-state index in [1.165, 1.54) is 0 Å². The van der Waals surface area contributed by atoms with E-state index in [0.717, 1.165) is 30.4 Å². The van der Waals surface area contributed by atoms with E-state index in [1.807, 2.05) is 19.1 Å². The fraction of sp³-hybridized carbons (Fsp3) is 0.250. The minimum atomic E-state index is -0.485. The normalized spacial score (nSPS) is 10.4. The predicted molar refractivity (Wildman–Crippen MR) is 94.9 cm³/mol. The van der Waals surface area contributed by atoms with Crippen LogP contribution >= 0.6 is 35.1 Å². The van der Waals surface area contributed by atoms with Crippen molar-refractivity contribution in [2.24, 2.45) is 0 Å². The molecule has 1 N–H and O–H groups in total. The standard InChI is InChI=1S/C16H16Cl2N2O2S/c1-2-3-9-22-16(21)20-23-14-10-11(6-7-12(14)17)15-13(18)5-4-8-19-15/h4-8,10H,2-3,9H2,1H3,(H,20,21). The summed E-state index contributed by atoms with van der Waals surface area (Å²) in [6, 6.07) is 8.95. The lowest BCUT2D eigenvalue weighted by atomic mass is 10.1. The molecule has 0 fully saturated rings. The average Bonchev–Trinajstić information content (AvgIpc) is 2.55. The second kappa shape index (κ2) is 9.01. The van der Waals surface area contributed by atoms with Crippen molar-refractivity contribution < 1.29 is 9.53 Å². The Morgan fingerprint density at radius 3 is 2.87 bits per heavy atom. The summed E-state index contributed by atoms with van der Waals surface area (Å²) in [5.74, 6) is 0. The van der Waals surface area contributed by atoms with Gasteiger partial charge in [0.1, 0.15) is 0 Å². The van der Waals surface area contributed by atoms with Crippen molar-refractivity contribution in [2.45, 2.75) is 24.7 Å². The van der Waals surface area contributed by atoms with Gasteiger partial charge >= 0.3 is 6.09 Å². The van der Waals surface area contributed by atoms with Gasteiger partial charge < -0.3 is 4.74 Å². The minimum Gasteiger partial charge on any atom is -0.449 e. The molecule has 0 unspecified atom stereocenters. The number of pyridine rings is 1. The number of unbranched alkanes of at least 4 members (excludes halogenated alkanes) is 1. The highest BCUT2D eigenvalue weighted by atomic mass is 35.5. The fourth-order valence-corrected chi connectivity index (χ4v) is 2.83. The Labute approximate surface area is 149 Å². The summed E-state index contributed by atoms with van der Waals surface area (Å²) in [6.45, 7) is 2.43. The highest BCUT2D eigenvalue weighted by Gasteiger charge is 2.10. The lowest BCUT2D eigenvalue weighted by Crippen LogP contribution is -2.17. The number of rotatable bonds is 6. The quantitative estimate of drug-likeness (QED) is 0.531. The number of nitrogens with zero attached hydrogens (tertiary/aromatic N) is 1. The Balaban J connectivity index is 2.06. The lowest BCUT2D eigenvalue weighted by Gasteiger charge is -2.09. The highest BCUT2D eigenvalue weighted by molar-refractivity contribution is 7.98. The zero-order valence-electron chi connectivity index (χ0n) is 12.5. The topological polar surface area (TPSA) is 51.2 Å². The third kappa shape index (κ3) is 5.30. The van der Waals surface area contributed by atoms with E-state index in [-0.39, 0.29) is 0 Å². The number of hydrogen-bond donors (Lipinski definition) is 1. The van der Waals surface area contributed by atoms with Crippen LogP contribution in [0.3, 0.4) is 0 Å². The van der Waals surface area contributed by atoms with E-state index in [4.69, 9.17) is 27.9 Å². The molecule has 1 amide bonds. The summed E-state index contributed by atoms with van der Waals surface area (Å²) in [6.07, 6.45) is 3.00. The van der Waals surface area contributed by atoms with Gasteiger partial charge in [-0.25, -0.2) is 4.79 Å². The van der Waals surface area contributed by atoms with Gasteiger partial charge in [-0.05, 0) is 42.6 Å². The third-order valence-corrected chi connectivity index (χ3v) is 4.51. The monoisotopic (exact) mass is 370 g/mol. The maximum atomic E-state index is 11.6. The molecule has 2 rings (SSSR count). The van der Waals surface area contributed by atoms with Crippen molar-refractivity contribution in [1.82, 2.24) is 9.71 Å². The second-order valence-electron chi connectivity index (χ2n) is 4.67. The number of nitrogens with one attached hydrogen (secondary N) is 1. The summed E-state index contributed by atoms with van der Waals surface area (Å²) < 4.78 is 7.64. The first-order chi connectivity index (χ1) is 11.1. The number of aromatic nitrogens is 1. The Hall–Kier alpha value is -1.43. The molecule has 1 aromatic heterocycles. The molecule has 1 aromatic carbocycles. The fourth-order valence-electron chi connectivity index (χ4n) is 1.76. The van der Waals surface area contributed by atoms with Crippen LogP contribution in [0.25, 0.3) is 11.3 Å². The van der Waals surface area contributed by atoms with Crippen LogP contribution in [0.1, 0.15) is 19.8 Å². The van der Waals surface area contributed by atoms with Gasteiger partial charge in [-0.2, -0.15) is 0 Å². The van der Waals surface area contributed by atoms with Gasteiger partial charge in [0.05, 0.1) is 22.3 Å². The van der Waals surface area contributed by atoms with Crippen LogP contribution in [0.2, 0.25) is 10.0 Å². The molecule has 0 saturated heterocycles. The zero-order valence-corrected chi connectivity index (χ0v) is 14.8. The van der Waals surface area contributed by atoms with Crippen LogP contribution in [0.5, 0.6) is 0 Å². The van der Waals surface area contributed by atoms with E-state index < -0.39 is 6.09 Å². The third-order valence-electron chi connectivity index (χ3n) is 2.94. The van der Waals surface area contributed by atoms with Crippen LogP contribution in [-0.2, 0) is 4.74 Å². The molecule has 0 saturated carbocycles. The van der Waals surface area contributed by atoms with Gasteiger partial charge in [0.25, 0.3) is 0 Å². The summed E-state index contributed by atoms with van der Waals surface area (Å²) in [7, 11) is 0. The molecule has 0 radical (unpaired) electrons. The Morgan fingerprint density at radius 1 is 1.30 bits per heavy atom. The lowest BCUT2D eigenvalue weighted by molar-refractivity contribution is 0.151. The minimum absolute atomic E-state index is 0.403. The van der Waals surface area contributed by atoms with Crippen molar-refractivity contribution in [2.75, 3.05) is 6.61 Å². The second-order valence-corrected chi connectivity index (χ2v) is 6.34. The molecule has 7 heteroatoms. The SMILES string of the molecule is CCCCOC(=O)NSc1cc(-c2ncccc2Cl)ccc1Cl. The maximum Gasteiger partial charge on any atom is 0.417 e. The van der Waals surface area contributed by atoms with E-state index in [0.29, 0.717) is 27.2 Å². The van der Waals surface area contributed by atoms with Crippen LogP contribution in [-0.4, -0.2) is 17.7 Å². The number of benzene rings is 1. The first kappa shape index (κ1) is 17.9. The number of halogens is 2. The molecule has 0 spiro atoms. The maximum absolute atomic E-state index is 11.6. The molecule has 0 bridgehead atoms. The Kier molecular flexibility index (Phi) is 7.02. The number of ether oxygens (including phenoxy) is 1. The van der Waals surface area contributed by atoms with Crippen LogP contribution < -0.4 is 4.72 Å². The Morgan fingerprint density at radius 2 is 2.13 bits per heavy atom. The molecule has 0 aliphatic rings. The zero-order chi connectivity index (χ0) is 16.7. The van der Waals surface area contributed by atoms with Gasteiger partial charge in [0, 0.05) is 16.7 Å². The number of carbonyl (C=O) groups is 1. The predicted octanol–water partition coefficient (Wildman–Crippen LogP) is 5.59. The molecular weight excluding hydrogens is 355 g/mol. The molecular formula is C16H16Cl2N2O2S. The van der Waals surface area contributed by atoms with E-state index >= 15 is 0 Å². The van der Waals surface area contributed by atoms with Crippen molar-refractivity contribution in [3.8, 4) is 11.3 Å². The molecule has 0 aliphatic carbocycles. The molecule has 4 nitrogen and oxygen atoms in total. The molecule has 1 heterocycles. The van der Waals surface area contributed by atoms with Gasteiger partial charge in [-0.3, -0.25) is 9.71 Å². The molecule has 2 aromatic rings. The molecule has 23 heavy (non-hydrogen) atoms. The first-order valence-electron chi connectivity index (χ1n) is 7.12. The van der Waals surface area contributed by atoms with E-state index in [2.05, 4.69) is 9.71 Å². The summed E-state index contributed by atoms with van der Waals surface area (Å²) in [5.41, 5.74) is 1.49. The van der Waals surface area contributed by atoms with E-state index in [9.17, 15) is 4.79 Å². The number of carbonyl (C=O) groups excluding carboxylic acids is 1. The van der Waals surface area contributed by atoms with E-state index in [1.54, 1.807) is 24.4 Å². The summed E-state index contributed by atoms with van der Waals surface area (Å²) in [4.78, 5) is 16.5. The molecule has 122 valence electrons. The first-order valence-corrected chi connectivity index (χ1v) is 8.69. The van der Waals surface area contributed by atoms with Gasteiger partial charge in [0.2, 0.25) is 0 Å². The largest absolute Gasteiger partial charge is 0.449 e. The van der Waals surface area contributed by atoms with Crippen molar-refractivity contribution in [3.05, 3.63) is 46.6 Å². The highest BCUT2D eigenvalue weighted by Crippen LogP contribution is 2.32. The van der Waals surface area contributed by atoms with Gasteiger partial charge in [0.15, 0.2) is 0 Å². The van der Waals surface area contributed by atoms with Crippen LogP contribution in [0.4, 0.5) is 4.79 Å². The smallest absolute Gasteiger partial charge is 0.417 e. The summed E-state index contributed by atoms with van der Waals surface area (Å²) in [5, 5.41) is 1.08. The van der Waals surface area contributed by atoms with Crippen LogP contribution in [0, 0.1) is 0 Å². The van der Waals surface area contributed by atoms with Crippen molar-refractivity contribution in [1.29, 1.82) is 0 Å². The van der Waals surface area contributed by atoms with Crippen molar-refractivity contribution in [3.63, 3.8) is 0 Å². The Bertz CT molecular complexity index is 683. The van der Waals surface area contributed by atoms with Crippen molar-refractivity contribution >= 4 is 41.2 Å². The molecule has 0 atom stereocenters. The summed E-state index contributed by atoms with van der Waals surface area (Å²) >= 11 is 13.4. The average molecular weight is 371 g/mol. The van der Waals surface area contributed by atoms with Gasteiger partial charge in [-0.15, -0.1) is 0 Å². The number of amides is 1. The van der Waals surface area contributed by atoms with Crippen LogP contribution in [0.15, 0.2) is 41.4 Å².